The second kappa shape index (κ2) is 7.67. The fourth-order valence-electron chi connectivity index (χ4n) is 3.64. The summed E-state index contributed by atoms with van der Waals surface area (Å²) >= 11 is 0. The Hall–Kier alpha value is -3.42. The molecule has 4 rings (SSSR count). The van der Waals surface area contributed by atoms with Crippen LogP contribution in [0.1, 0.15) is 34.8 Å². The van der Waals surface area contributed by atoms with Crippen molar-refractivity contribution >= 4 is 5.91 Å². The third kappa shape index (κ3) is 3.28. The summed E-state index contributed by atoms with van der Waals surface area (Å²) in [6.07, 6.45) is 3.35. The Morgan fingerprint density at radius 2 is 1.93 bits per heavy atom. The number of rotatable bonds is 5. The first-order valence-electron chi connectivity index (χ1n) is 9.07. The number of likely N-dealkylation sites (tertiary alicyclic amines) is 1. The first-order chi connectivity index (χ1) is 13.7. The van der Waals surface area contributed by atoms with E-state index >= 15 is 0 Å². The van der Waals surface area contributed by atoms with Crippen molar-refractivity contribution in [1.29, 1.82) is 0 Å². The Balaban J connectivity index is 1.61. The van der Waals surface area contributed by atoms with Crippen LogP contribution in [0.3, 0.4) is 0 Å². The van der Waals surface area contributed by atoms with Crippen LogP contribution in [0, 0.1) is 0 Å². The molecule has 0 radical (unpaired) electrons. The minimum atomic E-state index is -0.0447. The third-order valence-corrected chi connectivity index (χ3v) is 5.04. The highest BCUT2D eigenvalue weighted by molar-refractivity contribution is 5.95. The number of benzene rings is 2. The molecule has 1 unspecified atom stereocenters. The molecule has 8 nitrogen and oxygen atoms in total. The van der Waals surface area contributed by atoms with Crippen molar-refractivity contribution < 1.29 is 14.3 Å². The Kier molecular flexibility index (Phi) is 4.92. The van der Waals surface area contributed by atoms with E-state index in [2.05, 4.69) is 15.5 Å². The second-order valence-corrected chi connectivity index (χ2v) is 6.57. The predicted molar refractivity (Wildman–Crippen MR) is 102 cm³/mol. The number of methoxy groups -OCH3 is 2. The maximum absolute atomic E-state index is 13.2. The van der Waals surface area contributed by atoms with Gasteiger partial charge in [-0.25, -0.2) is 4.68 Å². The van der Waals surface area contributed by atoms with E-state index in [0.717, 1.165) is 35.6 Å². The molecule has 8 heteroatoms. The van der Waals surface area contributed by atoms with E-state index in [-0.39, 0.29) is 11.9 Å². The number of hydrogen-bond acceptors (Lipinski definition) is 6. The van der Waals surface area contributed by atoms with Gasteiger partial charge in [-0.15, -0.1) is 5.10 Å². The quantitative estimate of drug-likeness (QED) is 0.678. The van der Waals surface area contributed by atoms with E-state index in [4.69, 9.17) is 9.47 Å². The molecule has 0 N–H and O–H groups in total. The largest absolute Gasteiger partial charge is 0.497 e. The normalized spacial score (nSPS) is 16.2. The Morgan fingerprint density at radius 1 is 1.11 bits per heavy atom. The predicted octanol–water partition coefficient (Wildman–Crippen LogP) is 2.66. The van der Waals surface area contributed by atoms with Crippen molar-refractivity contribution in [3.63, 3.8) is 0 Å². The summed E-state index contributed by atoms with van der Waals surface area (Å²) < 4.78 is 12.4. The van der Waals surface area contributed by atoms with Crippen molar-refractivity contribution in [2.75, 3.05) is 20.8 Å². The average molecular weight is 379 g/mol. The number of hydrogen-bond donors (Lipinski definition) is 0. The zero-order chi connectivity index (χ0) is 19.5. The summed E-state index contributed by atoms with van der Waals surface area (Å²) in [5, 5.41) is 11.1. The monoisotopic (exact) mass is 379 g/mol. The van der Waals surface area contributed by atoms with Gasteiger partial charge in [-0.3, -0.25) is 4.79 Å². The molecular formula is C20H21N5O3. The Labute approximate surface area is 162 Å². The Bertz CT molecular complexity index is 956. The van der Waals surface area contributed by atoms with E-state index in [9.17, 15) is 4.79 Å². The molecule has 1 aliphatic rings. The summed E-state index contributed by atoms with van der Waals surface area (Å²) in [4.78, 5) is 15.1. The minimum Gasteiger partial charge on any atom is -0.497 e. The van der Waals surface area contributed by atoms with Gasteiger partial charge in [0.2, 0.25) is 0 Å². The summed E-state index contributed by atoms with van der Waals surface area (Å²) in [6, 6.07) is 12.9. The zero-order valence-corrected chi connectivity index (χ0v) is 15.8. The average Bonchev–Trinajstić information content (AvgIpc) is 3.45. The molecule has 28 heavy (non-hydrogen) atoms. The molecule has 3 aromatic rings. The van der Waals surface area contributed by atoms with Gasteiger partial charge >= 0.3 is 0 Å². The van der Waals surface area contributed by atoms with Gasteiger partial charge in [-0.1, -0.05) is 0 Å². The Morgan fingerprint density at radius 3 is 2.61 bits per heavy atom. The van der Waals surface area contributed by atoms with Crippen LogP contribution in [0.4, 0.5) is 0 Å². The highest BCUT2D eigenvalue weighted by Gasteiger charge is 2.32. The number of tetrazole rings is 1. The minimum absolute atomic E-state index is 0.00404. The number of amides is 1. The van der Waals surface area contributed by atoms with Crippen LogP contribution >= 0.6 is 0 Å². The maximum atomic E-state index is 13.2. The molecule has 1 atom stereocenters. The lowest BCUT2D eigenvalue weighted by Gasteiger charge is -2.27. The number of carbonyl (C=O) groups excluding carboxylic acids is 1. The van der Waals surface area contributed by atoms with Crippen LogP contribution in [-0.4, -0.2) is 51.8 Å². The van der Waals surface area contributed by atoms with Crippen molar-refractivity contribution in [1.82, 2.24) is 25.1 Å². The van der Waals surface area contributed by atoms with Gasteiger partial charge in [0, 0.05) is 17.7 Å². The molecular weight excluding hydrogens is 358 g/mol. The lowest BCUT2D eigenvalue weighted by Crippen LogP contribution is -2.30. The van der Waals surface area contributed by atoms with E-state index in [1.807, 2.05) is 35.2 Å². The van der Waals surface area contributed by atoms with Crippen LogP contribution in [-0.2, 0) is 0 Å². The molecule has 1 amide bonds. The van der Waals surface area contributed by atoms with Crippen molar-refractivity contribution in [3.8, 4) is 17.2 Å². The van der Waals surface area contributed by atoms with Gasteiger partial charge in [0.1, 0.15) is 17.8 Å². The molecule has 0 bridgehead atoms. The van der Waals surface area contributed by atoms with Crippen LogP contribution in [0.5, 0.6) is 11.5 Å². The standard InChI is InChI=1S/C20H21N5O3/c1-27-16-9-10-19(28-2)17(12-16)18-4-3-11-24(18)20(26)14-5-7-15(8-6-14)25-13-21-22-23-25/h5-10,12-13,18H,3-4,11H2,1-2H3. The molecule has 1 aliphatic heterocycles. The van der Waals surface area contributed by atoms with Gasteiger partial charge in [0.05, 0.1) is 25.9 Å². The molecule has 2 aromatic carbocycles. The summed E-state index contributed by atoms with van der Waals surface area (Å²) in [6.45, 7) is 0.707. The van der Waals surface area contributed by atoms with E-state index < -0.39 is 0 Å². The van der Waals surface area contributed by atoms with Gasteiger partial charge in [0.15, 0.2) is 0 Å². The van der Waals surface area contributed by atoms with Crippen molar-refractivity contribution in [2.45, 2.75) is 18.9 Å². The van der Waals surface area contributed by atoms with Crippen LogP contribution in [0.25, 0.3) is 5.69 Å². The molecule has 2 heterocycles. The molecule has 1 saturated heterocycles. The highest BCUT2D eigenvalue weighted by Crippen LogP contribution is 2.39. The topological polar surface area (TPSA) is 82.4 Å². The molecule has 144 valence electrons. The lowest BCUT2D eigenvalue weighted by atomic mass is 10.0. The SMILES string of the molecule is COc1ccc(OC)c(C2CCCN2C(=O)c2ccc(-n3cnnn3)cc2)c1. The van der Waals surface area contributed by atoms with E-state index in [1.165, 1.54) is 6.33 Å². The second-order valence-electron chi connectivity index (χ2n) is 6.57. The smallest absolute Gasteiger partial charge is 0.254 e. The van der Waals surface area contributed by atoms with Gasteiger partial charge in [0.25, 0.3) is 5.91 Å². The zero-order valence-electron chi connectivity index (χ0n) is 15.8. The van der Waals surface area contributed by atoms with E-state index in [0.29, 0.717) is 12.1 Å². The number of aromatic nitrogens is 4. The van der Waals surface area contributed by atoms with Gasteiger partial charge in [-0.2, -0.15) is 0 Å². The fraction of sp³-hybridized carbons (Fsp3) is 0.300. The third-order valence-electron chi connectivity index (χ3n) is 5.04. The van der Waals surface area contributed by atoms with Crippen molar-refractivity contribution in [3.05, 3.63) is 59.9 Å². The number of carbonyl (C=O) groups is 1. The molecule has 0 spiro atoms. The van der Waals surface area contributed by atoms with Crippen molar-refractivity contribution in [2.24, 2.45) is 0 Å². The maximum Gasteiger partial charge on any atom is 0.254 e. The van der Waals surface area contributed by atoms with Crippen LogP contribution in [0.15, 0.2) is 48.8 Å². The number of ether oxygens (including phenoxy) is 2. The first kappa shape index (κ1) is 18.0. The molecule has 0 aliphatic carbocycles. The van der Waals surface area contributed by atoms with Gasteiger partial charge in [-0.05, 0) is 65.7 Å². The highest BCUT2D eigenvalue weighted by atomic mass is 16.5. The lowest BCUT2D eigenvalue weighted by molar-refractivity contribution is 0.0734. The summed E-state index contributed by atoms with van der Waals surface area (Å²) in [7, 11) is 3.28. The first-order valence-corrected chi connectivity index (χ1v) is 9.07. The summed E-state index contributed by atoms with van der Waals surface area (Å²) in [5.74, 6) is 1.51. The van der Waals surface area contributed by atoms with Crippen LogP contribution in [0.2, 0.25) is 0 Å². The van der Waals surface area contributed by atoms with Gasteiger partial charge < -0.3 is 14.4 Å². The fourth-order valence-corrected chi connectivity index (χ4v) is 3.64. The van der Waals surface area contributed by atoms with Crippen LogP contribution < -0.4 is 9.47 Å². The summed E-state index contributed by atoms with van der Waals surface area (Å²) in [5.41, 5.74) is 2.40. The molecule has 0 saturated carbocycles. The van der Waals surface area contributed by atoms with E-state index in [1.54, 1.807) is 31.0 Å². The molecule has 1 fully saturated rings. The number of nitrogens with zero attached hydrogens (tertiary/aromatic N) is 5. The molecule has 1 aromatic heterocycles.